The van der Waals surface area contributed by atoms with Gasteiger partial charge in [-0.25, -0.2) is 4.98 Å². The summed E-state index contributed by atoms with van der Waals surface area (Å²) in [4.78, 5) is 10.6. The van der Waals surface area contributed by atoms with Crippen molar-refractivity contribution in [2.75, 3.05) is 18.0 Å². The number of anilines is 1. The number of aromatic nitrogens is 1. The van der Waals surface area contributed by atoms with Crippen molar-refractivity contribution in [3.05, 3.63) is 17.8 Å². The molecule has 1 rings (SSSR count). The van der Waals surface area contributed by atoms with E-state index in [1.165, 1.54) is 7.48 Å². The lowest BCUT2D eigenvalue weighted by molar-refractivity contribution is -0.135. The van der Waals surface area contributed by atoms with E-state index in [0.29, 0.717) is 0 Å². The van der Waals surface area contributed by atoms with Gasteiger partial charge in [-0.1, -0.05) is 6.92 Å². The van der Waals surface area contributed by atoms with Crippen LogP contribution in [0.15, 0.2) is 12.3 Å². The third kappa shape index (κ3) is 2.96. The van der Waals surface area contributed by atoms with E-state index in [2.05, 4.69) is 35.5 Å². The molecule has 16 heavy (non-hydrogen) atoms. The second-order valence-electron chi connectivity index (χ2n) is 3.49. The van der Waals surface area contributed by atoms with E-state index in [4.69, 9.17) is 5.26 Å². The van der Waals surface area contributed by atoms with E-state index in [0.717, 1.165) is 36.4 Å². The molecule has 1 aromatic heterocycles. The molecule has 0 aliphatic carbocycles. The smallest absolute Gasteiger partial charge is 0.357 e. The standard InChI is InChI=1S/C11H18BN2O2/c1-4-9-7-11(14(5-2)6-3)13-8-10(9)12-16-15/h7-8,15H,4-6H2,1-3H3. The Morgan fingerprint density at radius 3 is 2.56 bits per heavy atom. The third-order valence-electron chi connectivity index (χ3n) is 2.66. The van der Waals surface area contributed by atoms with Gasteiger partial charge >= 0.3 is 7.48 Å². The van der Waals surface area contributed by atoms with Crippen molar-refractivity contribution in [3.8, 4) is 0 Å². The SMILES string of the molecule is CCc1cc(N(CC)CC)ncc1[B]OO. The quantitative estimate of drug-likeness (QED) is 0.445. The maximum absolute atomic E-state index is 8.42. The van der Waals surface area contributed by atoms with Gasteiger partial charge in [0.05, 0.1) is 0 Å². The minimum atomic E-state index is 0.820. The summed E-state index contributed by atoms with van der Waals surface area (Å²) in [6.07, 6.45) is 2.61. The Hall–Kier alpha value is -1.07. The Morgan fingerprint density at radius 1 is 1.38 bits per heavy atom. The Bertz CT molecular complexity index is 330. The van der Waals surface area contributed by atoms with Gasteiger partial charge in [0.1, 0.15) is 5.82 Å². The summed E-state index contributed by atoms with van der Waals surface area (Å²) in [5.74, 6) is 0.969. The molecule has 0 saturated heterocycles. The first-order valence-corrected chi connectivity index (χ1v) is 5.64. The molecule has 0 spiro atoms. The zero-order chi connectivity index (χ0) is 12.0. The van der Waals surface area contributed by atoms with Crippen LogP contribution in [0.2, 0.25) is 0 Å². The summed E-state index contributed by atoms with van der Waals surface area (Å²) in [6.45, 7) is 8.15. The van der Waals surface area contributed by atoms with Crippen LogP contribution in [0, 0.1) is 0 Å². The lowest BCUT2D eigenvalue weighted by Crippen LogP contribution is -2.27. The fourth-order valence-corrected chi connectivity index (χ4v) is 1.68. The number of hydrogen-bond acceptors (Lipinski definition) is 4. The van der Waals surface area contributed by atoms with Crippen molar-refractivity contribution in [2.45, 2.75) is 27.2 Å². The van der Waals surface area contributed by atoms with Crippen LogP contribution in [-0.4, -0.2) is 30.8 Å². The number of nitrogens with zero attached hydrogens (tertiary/aromatic N) is 2. The number of hydrogen-bond donors (Lipinski definition) is 1. The summed E-state index contributed by atoms with van der Waals surface area (Å²) in [6, 6.07) is 2.04. The lowest BCUT2D eigenvalue weighted by Gasteiger charge is -2.20. The summed E-state index contributed by atoms with van der Waals surface area (Å²) in [7, 11) is 1.30. The van der Waals surface area contributed by atoms with E-state index >= 15 is 0 Å². The van der Waals surface area contributed by atoms with Crippen molar-refractivity contribution >= 4 is 18.8 Å². The number of aryl methyl sites for hydroxylation is 1. The van der Waals surface area contributed by atoms with E-state index in [1.54, 1.807) is 6.20 Å². The normalized spacial score (nSPS) is 10.2. The van der Waals surface area contributed by atoms with Crippen LogP contribution < -0.4 is 10.4 Å². The Morgan fingerprint density at radius 2 is 2.06 bits per heavy atom. The van der Waals surface area contributed by atoms with Gasteiger partial charge in [-0.3, -0.25) is 5.26 Å². The van der Waals surface area contributed by atoms with Gasteiger partial charge in [-0.05, 0) is 37.4 Å². The van der Waals surface area contributed by atoms with E-state index in [9.17, 15) is 0 Å². The first kappa shape index (κ1) is 13.0. The van der Waals surface area contributed by atoms with Gasteiger partial charge in [0.25, 0.3) is 0 Å². The molecule has 0 bridgehead atoms. The average molecular weight is 221 g/mol. The van der Waals surface area contributed by atoms with Crippen molar-refractivity contribution < 1.29 is 10.1 Å². The molecule has 0 amide bonds. The molecule has 0 fully saturated rings. The summed E-state index contributed by atoms with van der Waals surface area (Å²) >= 11 is 0. The van der Waals surface area contributed by atoms with Crippen LogP contribution in [0.3, 0.4) is 0 Å². The predicted octanol–water partition coefficient (Wildman–Crippen LogP) is 1.22. The predicted molar refractivity (Wildman–Crippen MR) is 66.3 cm³/mol. The largest absolute Gasteiger partial charge is 0.383 e. The van der Waals surface area contributed by atoms with Crippen molar-refractivity contribution in [1.82, 2.24) is 4.98 Å². The van der Waals surface area contributed by atoms with Crippen LogP contribution >= 0.6 is 0 Å². The highest BCUT2D eigenvalue weighted by Crippen LogP contribution is 2.11. The summed E-state index contributed by atoms with van der Waals surface area (Å²) in [5, 5.41) is 8.42. The molecule has 0 aromatic carbocycles. The molecule has 1 N–H and O–H groups in total. The van der Waals surface area contributed by atoms with Crippen LogP contribution in [0.5, 0.6) is 0 Å². The Labute approximate surface area is 97.5 Å². The van der Waals surface area contributed by atoms with Crippen LogP contribution in [0.25, 0.3) is 0 Å². The molecule has 0 saturated carbocycles. The molecular weight excluding hydrogens is 203 g/mol. The van der Waals surface area contributed by atoms with E-state index < -0.39 is 0 Å². The topological polar surface area (TPSA) is 45.6 Å². The van der Waals surface area contributed by atoms with Gasteiger partial charge in [0.2, 0.25) is 0 Å². The van der Waals surface area contributed by atoms with Gasteiger partial charge in [0.15, 0.2) is 0 Å². The fraction of sp³-hybridized carbons (Fsp3) is 0.545. The highest BCUT2D eigenvalue weighted by Gasteiger charge is 2.09. The molecule has 1 heterocycles. The fourth-order valence-electron chi connectivity index (χ4n) is 1.68. The van der Waals surface area contributed by atoms with Crippen LogP contribution in [0.1, 0.15) is 26.3 Å². The van der Waals surface area contributed by atoms with Crippen LogP contribution in [-0.2, 0) is 11.2 Å². The molecule has 0 unspecified atom stereocenters. The summed E-state index contributed by atoms with van der Waals surface area (Å²) in [5.41, 5.74) is 1.94. The lowest BCUT2D eigenvalue weighted by atomic mass is 9.85. The zero-order valence-corrected chi connectivity index (χ0v) is 10.1. The minimum Gasteiger partial charge on any atom is -0.357 e. The molecule has 0 aliphatic rings. The van der Waals surface area contributed by atoms with Crippen molar-refractivity contribution in [3.63, 3.8) is 0 Å². The molecular formula is C11H18BN2O2. The molecule has 1 aromatic rings. The van der Waals surface area contributed by atoms with Gasteiger partial charge < -0.3 is 9.70 Å². The Kier molecular flexibility index (Phi) is 5.28. The molecule has 1 radical (unpaired) electrons. The first-order valence-electron chi connectivity index (χ1n) is 5.64. The van der Waals surface area contributed by atoms with E-state index in [1.807, 2.05) is 6.07 Å². The summed E-state index contributed by atoms with van der Waals surface area (Å²) < 4.78 is 0. The average Bonchev–Trinajstić information content (AvgIpc) is 2.32. The second-order valence-corrected chi connectivity index (χ2v) is 3.49. The maximum atomic E-state index is 8.42. The maximum Gasteiger partial charge on any atom is 0.383 e. The molecule has 87 valence electrons. The van der Waals surface area contributed by atoms with E-state index in [-0.39, 0.29) is 0 Å². The minimum absolute atomic E-state index is 0.820. The monoisotopic (exact) mass is 221 g/mol. The van der Waals surface area contributed by atoms with Gasteiger partial charge in [-0.15, -0.1) is 0 Å². The van der Waals surface area contributed by atoms with Crippen LogP contribution in [0.4, 0.5) is 5.82 Å². The number of rotatable bonds is 6. The molecule has 5 heteroatoms. The molecule has 0 aliphatic heterocycles. The van der Waals surface area contributed by atoms with Crippen molar-refractivity contribution in [1.29, 1.82) is 0 Å². The van der Waals surface area contributed by atoms with Gasteiger partial charge in [-0.2, -0.15) is 0 Å². The molecule has 0 atom stereocenters. The molecule has 4 nitrogen and oxygen atoms in total. The van der Waals surface area contributed by atoms with Gasteiger partial charge in [0, 0.05) is 19.3 Å². The highest BCUT2D eigenvalue weighted by molar-refractivity contribution is 6.47. The number of pyridine rings is 1. The van der Waals surface area contributed by atoms with Crippen molar-refractivity contribution in [2.24, 2.45) is 0 Å². The zero-order valence-electron chi connectivity index (χ0n) is 10.1. The second kappa shape index (κ2) is 6.50. The Balaban J connectivity index is 2.98. The third-order valence-corrected chi connectivity index (χ3v) is 2.66. The first-order chi connectivity index (χ1) is 7.76. The highest BCUT2D eigenvalue weighted by atomic mass is 17.1.